The Morgan fingerprint density at radius 1 is 0.975 bits per heavy atom. The molecule has 8 nitrogen and oxygen atoms in total. The molecule has 0 bridgehead atoms. The lowest BCUT2D eigenvalue weighted by Gasteiger charge is -2.28. The van der Waals surface area contributed by atoms with Crippen molar-refractivity contribution in [2.45, 2.75) is 33.2 Å². The number of aryl methyl sites for hydroxylation is 1. The first-order valence-corrected chi connectivity index (χ1v) is 14.1. The van der Waals surface area contributed by atoms with Crippen LogP contribution in [0, 0.1) is 12.7 Å². The number of hydrogen-bond acceptors (Lipinski definition) is 6. The molecule has 0 radical (unpaired) electrons. The van der Waals surface area contributed by atoms with Crippen molar-refractivity contribution in [3.63, 3.8) is 0 Å². The van der Waals surface area contributed by atoms with E-state index in [0.717, 1.165) is 15.3 Å². The molecule has 216 valence electrons. The number of methoxy groups -OCH3 is 2. The zero-order valence-corrected chi connectivity index (χ0v) is 24.4. The van der Waals surface area contributed by atoms with Crippen molar-refractivity contribution in [3.8, 4) is 11.5 Å². The average Bonchev–Trinajstić information content (AvgIpc) is 3.36. The van der Waals surface area contributed by atoms with Gasteiger partial charge in [0.25, 0.3) is 0 Å². The van der Waals surface area contributed by atoms with E-state index in [2.05, 4.69) is 5.32 Å². The third kappa shape index (κ3) is 9.53. The van der Waals surface area contributed by atoms with Crippen molar-refractivity contribution in [1.29, 1.82) is 0 Å². The highest BCUT2D eigenvalue weighted by Gasteiger charge is 2.22. The molecule has 1 aromatic heterocycles. The maximum atomic E-state index is 13.7. The number of amides is 3. The highest BCUT2D eigenvalue weighted by atomic mass is 32.1. The van der Waals surface area contributed by atoms with Gasteiger partial charge in [0.2, 0.25) is 5.91 Å². The molecular weight excluding hydrogens is 533 g/mol. The van der Waals surface area contributed by atoms with Crippen LogP contribution >= 0.6 is 11.3 Å². The summed E-state index contributed by atoms with van der Waals surface area (Å²) in [5, 5.41) is 2.71. The number of rotatable bonds is 15. The number of carbonyl (C=O) groups is 2. The molecule has 0 spiro atoms. The van der Waals surface area contributed by atoms with Gasteiger partial charge >= 0.3 is 6.03 Å². The maximum absolute atomic E-state index is 13.7. The molecule has 0 saturated carbocycles. The molecule has 10 heteroatoms. The smallest absolute Gasteiger partial charge is 0.322 e. The zero-order valence-electron chi connectivity index (χ0n) is 23.6. The van der Waals surface area contributed by atoms with Crippen molar-refractivity contribution in [1.82, 2.24) is 9.80 Å². The van der Waals surface area contributed by atoms with Crippen LogP contribution in [0.5, 0.6) is 11.5 Å². The molecule has 40 heavy (non-hydrogen) atoms. The first-order chi connectivity index (χ1) is 19.3. The molecular formula is C30H38FN3O5S. The minimum Gasteiger partial charge on any atom is -0.493 e. The van der Waals surface area contributed by atoms with E-state index in [9.17, 15) is 14.0 Å². The monoisotopic (exact) mass is 571 g/mol. The predicted molar refractivity (Wildman–Crippen MR) is 156 cm³/mol. The van der Waals surface area contributed by atoms with Crippen molar-refractivity contribution in [3.05, 3.63) is 75.7 Å². The summed E-state index contributed by atoms with van der Waals surface area (Å²) in [4.78, 5) is 32.3. The summed E-state index contributed by atoms with van der Waals surface area (Å²) in [7, 11) is 3.18. The fraction of sp³-hybridized carbons (Fsp3) is 0.400. The van der Waals surface area contributed by atoms with Gasteiger partial charge in [-0.15, -0.1) is 11.3 Å². The number of benzene rings is 2. The lowest BCUT2D eigenvalue weighted by molar-refractivity contribution is -0.132. The number of carbonyl (C=O) groups excluding carboxylic acids is 2. The number of ether oxygens (including phenoxy) is 3. The van der Waals surface area contributed by atoms with E-state index in [-0.39, 0.29) is 12.5 Å². The SMILES string of the molecule is CCOCCCN(CC(=O)N(CCc1ccc(OC)c(OC)c1)Cc1ccc(C)s1)C(=O)Nc1cccc(F)c1. The number of hydrogen-bond donors (Lipinski definition) is 1. The van der Waals surface area contributed by atoms with Crippen molar-refractivity contribution >= 4 is 29.0 Å². The largest absolute Gasteiger partial charge is 0.493 e. The lowest BCUT2D eigenvalue weighted by atomic mass is 10.1. The summed E-state index contributed by atoms with van der Waals surface area (Å²) in [5.74, 6) is 0.628. The Balaban J connectivity index is 1.76. The summed E-state index contributed by atoms with van der Waals surface area (Å²) < 4.78 is 29.9. The number of urea groups is 1. The highest BCUT2D eigenvalue weighted by Crippen LogP contribution is 2.28. The number of thiophene rings is 1. The van der Waals surface area contributed by atoms with Crippen LogP contribution in [0.4, 0.5) is 14.9 Å². The minimum atomic E-state index is -0.470. The average molecular weight is 572 g/mol. The number of halogens is 1. The second-order valence-electron chi connectivity index (χ2n) is 9.18. The first-order valence-electron chi connectivity index (χ1n) is 13.3. The van der Waals surface area contributed by atoms with Gasteiger partial charge in [0.05, 0.1) is 20.8 Å². The van der Waals surface area contributed by atoms with E-state index >= 15 is 0 Å². The second-order valence-corrected chi connectivity index (χ2v) is 10.6. The van der Waals surface area contributed by atoms with Gasteiger partial charge in [0.1, 0.15) is 12.4 Å². The molecule has 0 aliphatic carbocycles. The lowest BCUT2D eigenvalue weighted by Crippen LogP contribution is -2.45. The maximum Gasteiger partial charge on any atom is 0.322 e. The number of nitrogens with zero attached hydrogens (tertiary/aromatic N) is 2. The quantitative estimate of drug-likeness (QED) is 0.235. The van der Waals surface area contributed by atoms with E-state index in [0.29, 0.717) is 62.9 Å². The topological polar surface area (TPSA) is 80.3 Å². The van der Waals surface area contributed by atoms with Crippen LogP contribution in [0.1, 0.15) is 28.7 Å². The predicted octanol–water partition coefficient (Wildman–Crippen LogP) is 5.74. The van der Waals surface area contributed by atoms with Crippen molar-refractivity contribution in [2.75, 3.05) is 52.4 Å². The molecule has 2 aromatic carbocycles. The molecule has 1 heterocycles. The second kappa shape index (κ2) is 15.8. The van der Waals surface area contributed by atoms with Gasteiger partial charge in [-0.05, 0) is 74.7 Å². The van der Waals surface area contributed by atoms with Crippen molar-refractivity contribution in [2.24, 2.45) is 0 Å². The van der Waals surface area contributed by atoms with Gasteiger partial charge in [0, 0.05) is 41.7 Å². The summed E-state index contributed by atoms with van der Waals surface area (Å²) in [6.45, 7) is 6.04. The molecule has 0 aliphatic rings. The van der Waals surface area contributed by atoms with Gasteiger partial charge in [-0.1, -0.05) is 12.1 Å². The molecule has 3 rings (SSSR count). The molecule has 0 aliphatic heterocycles. The zero-order chi connectivity index (χ0) is 28.9. The Morgan fingerprint density at radius 3 is 2.45 bits per heavy atom. The van der Waals surface area contributed by atoms with Crippen LogP contribution in [0.3, 0.4) is 0 Å². The minimum absolute atomic E-state index is 0.121. The van der Waals surface area contributed by atoms with Crippen LogP contribution in [0.15, 0.2) is 54.6 Å². The van der Waals surface area contributed by atoms with Gasteiger partial charge in [-0.25, -0.2) is 9.18 Å². The van der Waals surface area contributed by atoms with Gasteiger partial charge in [0.15, 0.2) is 11.5 Å². The Labute approximate surface area is 239 Å². The molecule has 0 atom stereocenters. The fourth-order valence-electron chi connectivity index (χ4n) is 4.14. The van der Waals surface area contributed by atoms with E-state index in [1.165, 1.54) is 23.1 Å². The number of nitrogens with one attached hydrogen (secondary N) is 1. The van der Waals surface area contributed by atoms with E-state index in [1.807, 2.05) is 44.2 Å². The van der Waals surface area contributed by atoms with Crippen LogP contribution in [0.25, 0.3) is 0 Å². The van der Waals surface area contributed by atoms with Crippen LogP contribution < -0.4 is 14.8 Å². The Bertz CT molecular complexity index is 1250. The summed E-state index contributed by atoms with van der Waals surface area (Å²) in [6.07, 6.45) is 1.16. The number of anilines is 1. The molecule has 1 N–H and O–H groups in total. The van der Waals surface area contributed by atoms with E-state index in [4.69, 9.17) is 14.2 Å². The van der Waals surface area contributed by atoms with Crippen molar-refractivity contribution < 1.29 is 28.2 Å². The van der Waals surface area contributed by atoms with Crippen LogP contribution in [-0.4, -0.2) is 68.8 Å². The Morgan fingerprint density at radius 2 is 1.77 bits per heavy atom. The summed E-state index contributed by atoms with van der Waals surface area (Å²) in [5.41, 5.74) is 1.32. The third-order valence-electron chi connectivity index (χ3n) is 6.22. The fourth-order valence-corrected chi connectivity index (χ4v) is 5.04. The Kier molecular flexibility index (Phi) is 12.2. The molecule has 3 amide bonds. The van der Waals surface area contributed by atoms with E-state index in [1.54, 1.807) is 36.5 Å². The van der Waals surface area contributed by atoms with Gasteiger partial charge in [-0.2, -0.15) is 0 Å². The Hall–Kier alpha value is -3.63. The highest BCUT2D eigenvalue weighted by molar-refractivity contribution is 7.11. The first kappa shape index (κ1) is 30.9. The molecule has 0 fully saturated rings. The molecule has 0 saturated heterocycles. The van der Waals surface area contributed by atoms with Crippen LogP contribution in [0.2, 0.25) is 0 Å². The van der Waals surface area contributed by atoms with Crippen LogP contribution in [-0.2, 0) is 22.5 Å². The molecule has 3 aromatic rings. The van der Waals surface area contributed by atoms with E-state index < -0.39 is 11.8 Å². The standard InChI is InChI=1S/C30H38FN3O5S/c1-5-39-17-7-15-34(30(36)32-25-9-6-8-24(31)19-25)21-29(35)33(20-26-12-10-22(2)40-26)16-14-23-11-13-27(37-3)28(18-23)38-4/h6,8-13,18-19H,5,7,14-17,20-21H2,1-4H3,(H,32,36). The summed E-state index contributed by atoms with van der Waals surface area (Å²) >= 11 is 1.64. The van der Waals surface area contributed by atoms with Gasteiger partial charge < -0.3 is 29.3 Å². The summed E-state index contributed by atoms with van der Waals surface area (Å²) in [6, 6.07) is 15.0. The molecule has 0 unspecified atom stereocenters. The third-order valence-corrected chi connectivity index (χ3v) is 7.21. The van der Waals surface area contributed by atoms with Gasteiger partial charge in [-0.3, -0.25) is 4.79 Å². The normalized spacial score (nSPS) is 10.7.